The number of benzene rings is 1. The van der Waals surface area contributed by atoms with E-state index in [2.05, 4.69) is 18.1 Å². The van der Waals surface area contributed by atoms with E-state index < -0.39 is 0 Å². The smallest absolute Gasteiger partial charge is 0.0746 e. The Morgan fingerprint density at radius 2 is 1.88 bits per heavy atom. The summed E-state index contributed by atoms with van der Waals surface area (Å²) in [5.74, 6) is 1.12. The second-order valence-corrected chi connectivity index (χ2v) is 5.87. The second-order valence-electron chi connectivity index (χ2n) is 4.07. The molecular weight excluding hydrogens is 275 g/mol. The maximum absolute atomic E-state index is 6.20. The van der Waals surface area contributed by atoms with Gasteiger partial charge in [0, 0.05) is 18.8 Å². The molecule has 1 aromatic rings. The number of thioether (sulfide) groups is 1. The highest BCUT2D eigenvalue weighted by Crippen LogP contribution is 2.36. The molecule has 2 nitrogen and oxygen atoms in total. The highest BCUT2D eigenvalue weighted by Gasteiger charge is 2.16. The predicted molar refractivity (Wildman–Crippen MR) is 81.7 cm³/mol. The van der Waals surface area contributed by atoms with Crippen molar-refractivity contribution >= 4 is 46.3 Å². The van der Waals surface area contributed by atoms with E-state index >= 15 is 0 Å². The van der Waals surface area contributed by atoms with Crippen LogP contribution in [0, 0.1) is 0 Å². The first kappa shape index (κ1) is 14.8. The molecule has 0 fully saturated rings. The van der Waals surface area contributed by atoms with E-state index in [1.165, 1.54) is 0 Å². The Kier molecular flexibility index (Phi) is 5.77. The minimum absolute atomic E-state index is 0.390. The van der Waals surface area contributed by atoms with Crippen molar-refractivity contribution in [1.29, 1.82) is 0 Å². The molecule has 1 atom stereocenters. The van der Waals surface area contributed by atoms with Crippen LogP contribution in [0.25, 0.3) is 0 Å². The molecule has 0 heterocycles. The molecule has 0 aliphatic heterocycles. The van der Waals surface area contributed by atoms with E-state index in [0.29, 0.717) is 21.8 Å². The topological polar surface area (TPSA) is 29.3 Å². The third-order valence-electron chi connectivity index (χ3n) is 2.79. The van der Waals surface area contributed by atoms with E-state index in [0.717, 1.165) is 17.9 Å². The molecule has 0 saturated carbocycles. The molecule has 17 heavy (non-hydrogen) atoms. The zero-order valence-electron chi connectivity index (χ0n) is 10.3. The molecule has 0 amide bonds. The van der Waals surface area contributed by atoms with Crippen LogP contribution in [0.3, 0.4) is 0 Å². The molecule has 1 aromatic carbocycles. The maximum atomic E-state index is 6.20. The van der Waals surface area contributed by atoms with Crippen LogP contribution in [0.2, 0.25) is 10.0 Å². The third kappa shape index (κ3) is 3.87. The monoisotopic (exact) mass is 292 g/mol. The van der Waals surface area contributed by atoms with Crippen LogP contribution < -0.4 is 10.6 Å². The van der Waals surface area contributed by atoms with Gasteiger partial charge in [0.15, 0.2) is 0 Å². The largest absolute Gasteiger partial charge is 0.399 e. The molecule has 1 rings (SSSR count). The summed E-state index contributed by atoms with van der Waals surface area (Å²) in [7, 11) is 2.01. The Bertz CT molecular complexity index is 362. The number of rotatable bonds is 5. The fourth-order valence-corrected chi connectivity index (χ4v) is 2.97. The summed E-state index contributed by atoms with van der Waals surface area (Å²) in [6, 6.07) is 3.86. The zero-order valence-corrected chi connectivity index (χ0v) is 12.7. The molecule has 0 radical (unpaired) electrons. The van der Waals surface area contributed by atoms with Gasteiger partial charge in [0.2, 0.25) is 0 Å². The number of anilines is 2. The minimum atomic E-state index is 0.390. The molecule has 5 heteroatoms. The lowest BCUT2D eigenvalue weighted by Crippen LogP contribution is -2.29. The lowest BCUT2D eigenvalue weighted by Gasteiger charge is -2.28. The Labute approximate surface area is 117 Å². The number of halogens is 2. The molecule has 0 aliphatic rings. The minimum Gasteiger partial charge on any atom is -0.399 e. The van der Waals surface area contributed by atoms with Gasteiger partial charge >= 0.3 is 0 Å². The van der Waals surface area contributed by atoms with Gasteiger partial charge in [0.1, 0.15) is 0 Å². The van der Waals surface area contributed by atoms with Crippen molar-refractivity contribution in [2.24, 2.45) is 0 Å². The highest BCUT2D eigenvalue weighted by molar-refractivity contribution is 7.98. The molecular formula is C12H18Cl2N2S. The molecule has 1 unspecified atom stereocenters. The van der Waals surface area contributed by atoms with Gasteiger partial charge in [-0.3, -0.25) is 0 Å². The number of nitrogens with zero attached hydrogens (tertiary/aromatic N) is 1. The number of hydrogen-bond acceptors (Lipinski definition) is 3. The maximum Gasteiger partial charge on any atom is 0.0746 e. The van der Waals surface area contributed by atoms with Crippen molar-refractivity contribution in [3.05, 3.63) is 22.2 Å². The second kappa shape index (κ2) is 6.62. The lowest BCUT2D eigenvalue weighted by molar-refractivity contribution is 0.669. The van der Waals surface area contributed by atoms with Gasteiger partial charge in [-0.1, -0.05) is 23.2 Å². The van der Waals surface area contributed by atoms with Gasteiger partial charge in [0.25, 0.3) is 0 Å². The van der Waals surface area contributed by atoms with Crippen LogP contribution in [-0.2, 0) is 0 Å². The summed E-state index contributed by atoms with van der Waals surface area (Å²) in [5.41, 5.74) is 7.14. The predicted octanol–water partition coefficient (Wildman–Crippen LogP) is 4.15. The van der Waals surface area contributed by atoms with Gasteiger partial charge in [-0.2, -0.15) is 11.8 Å². The van der Waals surface area contributed by atoms with Crippen molar-refractivity contribution in [2.75, 3.05) is 29.7 Å². The fourth-order valence-electron chi connectivity index (χ4n) is 1.62. The van der Waals surface area contributed by atoms with Crippen LogP contribution in [0.15, 0.2) is 12.1 Å². The summed E-state index contributed by atoms with van der Waals surface area (Å²) in [5, 5.41) is 1.21. The number of nitrogens with two attached hydrogens (primary N) is 1. The highest BCUT2D eigenvalue weighted by atomic mass is 35.5. The summed E-state index contributed by atoms with van der Waals surface area (Å²) in [4.78, 5) is 2.11. The number of hydrogen-bond donors (Lipinski definition) is 1. The summed E-state index contributed by atoms with van der Waals surface area (Å²) in [6.45, 7) is 2.17. The van der Waals surface area contributed by atoms with Gasteiger partial charge in [-0.15, -0.1) is 0 Å². The SMILES string of the molecule is CSCCC(C)N(C)c1c(Cl)cc(N)cc1Cl. The Hall–Kier alpha value is -0.250. The van der Waals surface area contributed by atoms with Crippen LogP contribution >= 0.6 is 35.0 Å². The Morgan fingerprint density at radius 1 is 1.35 bits per heavy atom. The standard InChI is InChI=1S/C12H18Cl2N2S/c1-8(4-5-17-3)16(2)12-10(13)6-9(15)7-11(12)14/h6-8H,4-5,15H2,1-3H3. The molecule has 0 aliphatic carbocycles. The third-order valence-corrected chi connectivity index (χ3v) is 4.01. The lowest BCUT2D eigenvalue weighted by atomic mass is 10.2. The van der Waals surface area contributed by atoms with E-state index in [9.17, 15) is 0 Å². The number of nitrogen functional groups attached to an aromatic ring is 1. The van der Waals surface area contributed by atoms with Crippen molar-refractivity contribution in [1.82, 2.24) is 0 Å². The van der Waals surface area contributed by atoms with Gasteiger partial charge < -0.3 is 10.6 Å². The zero-order chi connectivity index (χ0) is 13.0. The van der Waals surface area contributed by atoms with E-state index in [-0.39, 0.29) is 0 Å². The van der Waals surface area contributed by atoms with Crippen molar-refractivity contribution < 1.29 is 0 Å². The average molecular weight is 293 g/mol. The summed E-state index contributed by atoms with van der Waals surface area (Å²) in [6.07, 6.45) is 3.20. The molecule has 0 saturated heterocycles. The fraction of sp³-hybridized carbons (Fsp3) is 0.500. The van der Waals surface area contributed by atoms with Crippen LogP contribution in [0.5, 0.6) is 0 Å². The molecule has 0 bridgehead atoms. The normalized spacial score (nSPS) is 12.5. The van der Waals surface area contributed by atoms with Crippen molar-refractivity contribution in [3.63, 3.8) is 0 Å². The van der Waals surface area contributed by atoms with Gasteiger partial charge in [-0.25, -0.2) is 0 Å². The van der Waals surface area contributed by atoms with Gasteiger partial charge in [0.05, 0.1) is 15.7 Å². The van der Waals surface area contributed by atoms with Crippen molar-refractivity contribution in [3.8, 4) is 0 Å². The van der Waals surface area contributed by atoms with E-state index in [4.69, 9.17) is 28.9 Å². The average Bonchev–Trinajstić information content (AvgIpc) is 2.24. The first-order valence-electron chi connectivity index (χ1n) is 5.43. The quantitative estimate of drug-likeness (QED) is 0.827. The van der Waals surface area contributed by atoms with Crippen LogP contribution in [0.4, 0.5) is 11.4 Å². The van der Waals surface area contributed by atoms with Gasteiger partial charge in [-0.05, 0) is 37.5 Å². The van der Waals surface area contributed by atoms with E-state index in [1.54, 1.807) is 12.1 Å². The summed E-state index contributed by atoms with van der Waals surface area (Å²) < 4.78 is 0. The van der Waals surface area contributed by atoms with E-state index in [1.807, 2.05) is 18.8 Å². The molecule has 0 spiro atoms. The van der Waals surface area contributed by atoms with Crippen LogP contribution in [0.1, 0.15) is 13.3 Å². The van der Waals surface area contributed by atoms with Crippen molar-refractivity contribution in [2.45, 2.75) is 19.4 Å². The Morgan fingerprint density at radius 3 is 2.35 bits per heavy atom. The van der Waals surface area contributed by atoms with Crippen LogP contribution in [-0.4, -0.2) is 25.1 Å². The molecule has 96 valence electrons. The molecule has 0 aromatic heterocycles. The first-order valence-corrected chi connectivity index (χ1v) is 7.58. The summed E-state index contributed by atoms with van der Waals surface area (Å²) >= 11 is 14.2. The molecule has 2 N–H and O–H groups in total. The Balaban J connectivity index is 2.91. The first-order chi connectivity index (χ1) is 7.97.